The summed E-state index contributed by atoms with van der Waals surface area (Å²) in [7, 11) is 0. The number of aryl methyl sites for hydroxylation is 1. The molecule has 3 heterocycles. The lowest BCUT2D eigenvalue weighted by Crippen LogP contribution is -2.50. The largest absolute Gasteiger partial charge is 0.469 e. The second-order valence-electron chi connectivity index (χ2n) is 4.95. The molecule has 6 heteroatoms. The predicted molar refractivity (Wildman–Crippen MR) is 74.0 cm³/mol. The lowest BCUT2D eigenvalue weighted by Gasteiger charge is -2.34. The fourth-order valence-corrected chi connectivity index (χ4v) is 2.45. The molecule has 2 aromatic heterocycles. The summed E-state index contributed by atoms with van der Waals surface area (Å²) in [6, 6.07) is 5.02. The van der Waals surface area contributed by atoms with E-state index in [-0.39, 0.29) is 11.8 Å². The van der Waals surface area contributed by atoms with Gasteiger partial charge >= 0.3 is 0 Å². The van der Waals surface area contributed by atoms with Crippen molar-refractivity contribution in [2.45, 2.75) is 6.92 Å². The molecule has 0 unspecified atom stereocenters. The Morgan fingerprint density at radius 3 is 2.14 bits per heavy atom. The highest BCUT2D eigenvalue weighted by molar-refractivity contribution is 5.95. The molecule has 1 saturated heterocycles. The molecule has 0 saturated carbocycles. The molecule has 2 aromatic rings. The van der Waals surface area contributed by atoms with Gasteiger partial charge in [0.15, 0.2) is 5.76 Å². The number of piperazine rings is 1. The molecule has 0 aromatic carbocycles. The van der Waals surface area contributed by atoms with Gasteiger partial charge in [0.1, 0.15) is 5.76 Å². The molecular weight excluding hydrogens is 272 g/mol. The number of furan rings is 2. The van der Waals surface area contributed by atoms with Crippen LogP contribution in [0.25, 0.3) is 0 Å². The summed E-state index contributed by atoms with van der Waals surface area (Å²) < 4.78 is 10.3. The number of hydrogen-bond acceptors (Lipinski definition) is 4. The van der Waals surface area contributed by atoms with Gasteiger partial charge < -0.3 is 18.6 Å². The zero-order chi connectivity index (χ0) is 14.8. The van der Waals surface area contributed by atoms with Gasteiger partial charge in [0.05, 0.1) is 18.1 Å². The van der Waals surface area contributed by atoms with Gasteiger partial charge in [-0.3, -0.25) is 9.59 Å². The van der Waals surface area contributed by atoms with E-state index in [2.05, 4.69) is 0 Å². The highest BCUT2D eigenvalue weighted by Gasteiger charge is 2.27. The highest BCUT2D eigenvalue weighted by atomic mass is 16.3. The Morgan fingerprint density at radius 1 is 0.952 bits per heavy atom. The number of carbonyl (C=O) groups is 2. The van der Waals surface area contributed by atoms with E-state index < -0.39 is 0 Å². The molecule has 0 N–H and O–H groups in total. The first-order valence-corrected chi connectivity index (χ1v) is 6.83. The second kappa shape index (κ2) is 5.47. The lowest BCUT2D eigenvalue weighted by atomic mass is 10.2. The minimum atomic E-state index is -0.133. The molecule has 6 nitrogen and oxygen atoms in total. The molecule has 110 valence electrons. The van der Waals surface area contributed by atoms with Crippen LogP contribution in [0.15, 0.2) is 39.6 Å². The SMILES string of the molecule is Cc1occc1C(=O)N1CCN(C(=O)c2ccco2)CC1. The Labute approximate surface area is 121 Å². The summed E-state index contributed by atoms with van der Waals surface area (Å²) >= 11 is 0. The molecule has 1 fully saturated rings. The molecule has 1 aliphatic heterocycles. The third-order valence-electron chi connectivity index (χ3n) is 3.68. The van der Waals surface area contributed by atoms with Gasteiger partial charge in [-0.25, -0.2) is 0 Å². The number of carbonyl (C=O) groups excluding carboxylic acids is 2. The molecule has 0 aliphatic carbocycles. The molecule has 0 radical (unpaired) electrons. The van der Waals surface area contributed by atoms with Crippen LogP contribution < -0.4 is 0 Å². The van der Waals surface area contributed by atoms with Crippen LogP contribution in [0.2, 0.25) is 0 Å². The van der Waals surface area contributed by atoms with Gasteiger partial charge in [0.25, 0.3) is 11.8 Å². The van der Waals surface area contributed by atoms with Crippen LogP contribution in [0, 0.1) is 6.92 Å². The number of rotatable bonds is 2. The minimum Gasteiger partial charge on any atom is -0.469 e. The van der Waals surface area contributed by atoms with Crippen molar-refractivity contribution >= 4 is 11.8 Å². The molecule has 0 bridgehead atoms. The van der Waals surface area contributed by atoms with Gasteiger partial charge in [0, 0.05) is 26.2 Å². The fraction of sp³-hybridized carbons (Fsp3) is 0.333. The maximum atomic E-state index is 12.3. The van der Waals surface area contributed by atoms with Crippen LogP contribution in [-0.4, -0.2) is 47.8 Å². The van der Waals surface area contributed by atoms with E-state index in [1.165, 1.54) is 12.5 Å². The third-order valence-corrected chi connectivity index (χ3v) is 3.68. The molecule has 3 rings (SSSR count). The summed E-state index contributed by atoms with van der Waals surface area (Å²) in [4.78, 5) is 27.9. The van der Waals surface area contributed by atoms with Crippen molar-refractivity contribution in [3.05, 3.63) is 47.8 Å². The number of hydrogen-bond donors (Lipinski definition) is 0. The van der Waals surface area contributed by atoms with E-state index in [0.29, 0.717) is 43.3 Å². The zero-order valence-electron chi connectivity index (χ0n) is 11.7. The third kappa shape index (κ3) is 2.56. The van der Waals surface area contributed by atoms with Crippen molar-refractivity contribution in [2.75, 3.05) is 26.2 Å². The first-order valence-electron chi connectivity index (χ1n) is 6.83. The topological polar surface area (TPSA) is 66.9 Å². The maximum Gasteiger partial charge on any atom is 0.289 e. The van der Waals surface area contributed by atoms with Gasteiger partial charge in [-0.2, -0.15) is 0 Å². The van der Waals surface area contributed by atoms with Crippen LogP contribution in [-0.2, 0) is 0 Å². The Bertz CT molecular complexity index is 636. The van der Waals surface area contributed by atoms with Crippen molar-refractivity contribution < 1.29 is 18.4 Å². The fourth-order valence-electron chi connectivity index (χ4n) is 2.45. The predicted octanol–water partition coefficient (Wildman–Crippen LogP) is 1.78. The molecule has 1 aliphatic rings. The first-order chi connectivity index (χ1) is 10.2. The Morgan fingerprint density at radius 2 is 1.62 bits per heavy atom. The molecular formula is C15H16N2O4. The monoisotopic (exact) mass is 288 g/mol. The Kier molecular flexibility index (Phi) is 3.51. The summed E-state index contributed by atoms with van der Waals surface area (Å²) in [5, 5.41) is 0. The second-order valence-corrected chi connectivity index (χ2v) is 4.95. The Balaban J connectivity index is 1.62. The highest BCUT2D eigenvalue weighted by Crippen LogP contribution is 2.15. The van der Waals surface area contributed by atoms with E-state index in [1.54, 1.807) is 34.9 Å². The molecule has 2 amide bonds. The van der Waals surface area contributed by atoms with Crippen molar-refractivity contribution in [3.8, 4) is 0 Å². The Hall–Kier alpha value is -2.50. The van der Waals surface area contributed by atoms with Gasteiger partial charge in [-0.1, -0.05) is 0 Å². The van der Waals surface area contributed by atoms with E-state index >= 15 is 0 Å². The molecule has 21 heavy (non-hydrogen) atoms. The van der Waals surface area contributed by atoms with Crippen LogP contribution in [0.1, 0.15) is 26.7 Å². The summed E-state index contributed by atoms with van der Waals surface area (Å²) in [6.07, 6.45) is 2.99. The van der Waals surface area contributed by atoms with Gasteiger partial charge in [0.2, 0.25) is 0 Å². The normalized spacial score (nSPS) is 15.3. The summed E-state index contributed by atoms with van der Waals surface area (Å²) in [5.74, 6) is 0.771. The van der Waals surface area contributed by atoms with Crippen LogP contribution in [0.3, 0.4) is 0 Å². The number of amides is 2. The van der Waals surface area contributed by atoms with E-state index in [0.717, 1.165) is 0 Å². The maximum absolute atomic E-state index is 12.3. The number of nitrogens with zero attached hydrogens (tertiary/aromatic N) is 2. The van der Waals surface area contributed by atoms with Crippen molar-refractivity contribution in [1.29, 1.82) is 0 Å². The lowest BCUT2D eigenvalue weighted by molar-refractivity contribution is 0.0517. The van der Waals surface area contributed by atoms with Gasteiger partial charge in [-0.15, -0.1) is 0 Å². The van der Waals surface area contributed by atoms with Crippen molar-refractivity contribution in [1.82, 2.24) is 9.80 Å². The summed E-state index contributed by atoms with van der Waals surface area (Å²) in [6.45, 7) is 3.79. The smallest absolute Gasteiger partial charge is 0.289 e. The van der Waals surface area contributed by atoms with Crippen molar-refractivity contribution in [2.24, 2.45) is 0 Å². The molecule has 0 atom stereocenters. The van der Waals surface area contributed by atoms with Crippen LogP contribution in [0.5, 0.6) is 0 Å². The van der Waals surface area contributed by atoms with E-state index in [1.807, 2.05) is 0 Å². The van der Waals surface area contributed by atoms with Crippen molar-refractivity contribution in [3.63, 3.8) is 0 Å². The minimum absolute atomic E-state index is 0.0497. The summed E-state index contributed by atoms with van der Waals surface area (Å²) in [5.41, 5.74) is 0.584. The van der Waals surface area contributed by atoms with Gasteiger partial charge in [-0.05, 0) is 25.1 Å². The van der Waals surface area contributed by atoms with E-state index in [9.17, 15) is 9.59 Å². The average Bonchev–Trinajstić information content (AvgIpc) is 3.17. The van der Waals surface area contributed by atoms with Crippen LogP contribution >= 0.6 is 0 Å². The first kappa shape index (κ1) is 13.5. The molecule has 0 spiro atoms. The quantitative estimate of drug-likeness (QED) is 0.844. The zero-order valence-corrected chi connectivity index (χ0v) is 11.7. The van der Waals surface area contributed by atoms with Crippen LogP contribution in [0.4, 0.5) is 0 Å². The van der Waals surface area contributed by atoms with E-state index in [4.69, 9.17) is 8.83 Å². The standard InChI is InChI=1S/C15H16N2O4/c1-11-12(4-10-20-11)14(18)16-5-7-17(8-6-16)15(19)13-3-2-9-21-13/h2-4,9-10H,5-8H2,1H3. The average molecular weight is 288 g/mol.